The summed E-state index contributed by atoms with van der Waals surface area (Å²) < 4.78 is 2.17. The maximum Gasteiger partial charge on any atom is 0.253 e. The second-order valence-electron chi connectivity index (χ2n) is 12.8. The number of benzene rings is 1. The number of carbonyl (C=O) groups is 2. The van der Waals surface area contributed by atoms with Crippen molar-refractivity contribution in [3.05, 3.63) is 53.6 Å². The number of nitrogens with two attached hydrogens (primary N) is 1. The van der Waals surface area contributed by atoms with Crippen LogP contribution in [0.4, 0.5) is 0 Å². The van der Waals surface area contributed by atoms with Gasteiger partial charge < -0.3 is 21.0 Å². The number of rotatable bonds is 3. The SMILES string of the molecule is NC1(C(=O)N2CCN(C(=O)c3ccc(C4CC5(CCCCCCCCCC5)c5nccn5N4)cc3)CC2)CCC1. The molecule has 1 atom stereocenters. The van der Waals surface area contributed by atoms with Crippen LogP contribution in [0.25, 0.3) is 0 Å². The first-order chi connectivity index (χ1) is 19.5. The lowest BCUT2D eigenvalue weighted by Gasteiger charge is -2.43. The molecule has 216 valence electrons. The number of amides is 2. The number of aromatic nitrogens is 2. The van der Waals surface area contributed by atoms with Crippen molar-refractivity contribution in [2.24, 2.45) is 5.73 Å². The van der Waals surface area contributed by atoms with Gasteiger partial charge in [-0.1, -0.05) is 63.5 Å². The maximum absolute atomic E-state index is 13.3. The fourth-order valence-electron chi connectivity index (χ4n) is 7.47. The monoisotopic (exact) mass is 546 g/mol. The highest BCUT2D eigenvalue weighted by Crippen LogP contribution is 2.45. The number of piperazine rings is 1. The molecule has 2 amide bonds. The van der Waals surface area contributed by atoms with E-state index in [0.717, 1.165) is 25.7 Å². The highest BCUT2D eigenvalue weighted by Gasteiger charge is 2.44. The van der Waals surface area contributed by atoms with Gasteiger partial charge in [-0.05, 0) is 56.2 Å². The van der Waals surface area contributed by atoms with Crippen LogP contribution < -0.4 is 11.2 Å². The molecule has 2 aromatic rings. The lowest BCUT2D eigenvalue weighted by molar-refractivity contribution is -0.141. The summed E-state index contributed by atoms with van der Waals surface area (Å²) in [4.78, 5) is 34.7. The molecule has 40 heavy (non-hydrogen) atoms. The van der Waals surface area contributed by atoms with Crippen LogP contribution in [0.15, 0.2) is 36.7 Å². The van der Waals surface area contributed by atoms with Crippen LogP contribution in [0.5, 0.6) is 0 Å². The van der Waals surface area contributed by atoms with Crippen molar-refractivity contribution in [2.45, 2.75) is 107 Å². The number of fused-ring (bicyclic) bond motifs is 2. The van der Waals surface area contributed by atoms with Gasteiger partial charge in [-0.15, -0.1) is 0 Å². The fourth-order valence-corrected chi connectivity index (χ4v) is 7.47. The zero-order valence-electron chi connectivity index (χ0n) is 24.0. The average molecular weight is 547 g/mol. The molecule has 2 saturated carbocycles. The Kier molecular flexibility index (Phi) is 7.89. The van der Waals surface area contributed by atoms with Crippen LogP contribution in [0.1, 0.15) is 118 Å². The third-order valence-corrected chi connectivity index (χ3v) is 10.2. The first kappa shape index (κ1) is 27.3. The van der Waals surface area contributed by atoms with E-state index in [1.165, 1.54) is 75.6 Å². The van der Waals surface area contributed by atoms with Crippen molar-refractivity contribution in [1.82, 2.24) is 19.5 Å². The first-order valence-corrected chi connectivity index (χ1v) is 15.8. The zero-order valence-corrected chi connectivity index (χ0v) is 24.0. The molecule has 1 saturated heterocycles. The molecule has 1 unspecified atom stereocenters. The van der Waals surface area contributed by atoms with E-state index in [1.54, 1.807) is 0 Å². The van der Waals surface area contributed by atoms with E-state index in [9.17, 15) is 9.59 Å². The Morgan fingerprint density at radius 1 is 0.800 bits per heavy atom. The Balaban J connectivity index is 1.12. The molecule has 1 aromatic carbocycles. The maximum atomic E-state index is 13.3. The van der Waals surface area contributed by atoms with Crippen molar-refractivity contribution in [3.63, 3.8) is 0 Å². The van der Waals surface area contributed by atoms with Gasteiger partial charge in [0.05, 0.1) is 11.6 Å². The molecular formula is C32H46N6O2. The number of carbonyl (C=O) groups excluding carboxylic acids is 2. The van der Waals surface area contributed by atoms with Crippen LogP contribution in [-0.4, -0.2) is 63.0 Å². The van der Waals surface area contributed by atoms with Crippen molar-refractivity contribution in [2.75, 3.05) is 31.6 Å². The number of nitrogens with zero attached hydrogens (tertiary/aromatic N) is 4. The summed E-state index contributed by atoms with van der Waals surface area (Å²) in [6.07, 6.45) is 20.6. The van der Waals surface area contributed by atoms with Crippen LogP contribution in [0.3, 0.4) is 0 Å². The Labute approximate surface area is 238 Å². The zero-order chi connectivity index (χ0) is 27.6. The Bertz CT molecular complexity index is 1170. The van der Waals surface area contributed by atoms with Crippen molar-refractivity contribution in [3.8, 4) is 0 Å². The number of imidazole rings is 1. The highest BCUT2D eigenvalue weighted by atomic mass is 16.2. The lowest BCUT2D eigenvalue weighted by atomic mass is 9.71. The van der Waals surface area contributed by atoms with Gasteiger partial charge in [0.15, 0.2) is 0 Å². The van der Waals surface area contributed by atoms with E-state index < -0.39 is 5.54 Å². The molecule has 1 spiro atoms. The molecule has 2 aliphatic carbocycles. The van der Waals surface area contributed by atoms with Gasteiger partial charge in [-0.2, -0.15) is 0 Å². The van der Waals surface area contributed by atoms with Crippen molar-refractivity contribution in [1.29, 1.82) is 0 Å². The Morgan fingerprint density at radius 2 is 1.40 bits per heavy atom. The summed E-state index contributed by atoms with van der Waals surface area (Å²) in [6.45, 7) is 2.23. The van der Waals surface area contributed by atoms with Crippen LogP contribution in [0, 0.1) is 0 Å². The summed E-state index contributed by atoms with van der Waals surface area (Å²) in [5.41, 5.74) is 11.3. The van der Waals surface area contributed by atoms with Gasteiger partial charge in [0.1, 0.15) is 5.82 Å². The van der Waals surface area contributed by atoms with Crippen LogP contribution >= 0.6 is 0 Å². The van der Waals surface area contributed by atoms with E-state index in [1.807, 2.05) is 28.1 Å². The number of hydrogen-bond acceptors (Lipinski definition) is 5. The average Bonchev–Trinajstić information content (AvgIpc) is 3.44. The van der Waals surface area contributed by atoms with Crippen molar-refractivity contribution >= 4 is 11.8 Å². The third kappa shape index (κ3) is 5.39. The summed E-state index contributed by atoms with van der Waals surface area (Å²) in [5, 5.41) is 0. The molecule has 1 aromatic heterocycles. The summed E-state index contributed by atoms with van der Waals surface area (Å²) in [5.74, 6) is 1.29. The molecule has 3 fully saturated rings. The molecule has 0 bridgehead atoms. The van der Waals surface area contributed by atoms with E-state index >= 15 is 0 Å². The second kappa shape index (κ2) is 11.6. The summed E-state index contributed by atoms with van der Waals surface area (Å²) in [6, 6.07) is 8.39. The molecule has 3 N–H and O–H groups in total. The first-order valence-electron chi connectivity index (χ1n) is 15.8. The topological polar surface area (TPSA) is 96.5 Å². The summed E-state index contributed by atoms with van der Waals surface area (Å²) in [7, 11) is 0. The highest BCUT2D eigenvalue weighted by molar-refractivity contribution is 5.94. The predicted octanol–water partition coefficient (Wildman–Crippen LogP) is 4.89. The van der Waals surface area contributed by atoms with Gasteiger partial charge in [-0.25, -0.2) is 4.98 Å². The van der Waals surface area contributed by atoms with E-state index in [4.69, 9.17) is 10.7 Å². The molecule has 8 nitrogen and oxygen atoms in total. The molecule has 8 heteroatoms. The van der Waals surface area contributed by atoms with E-state index in [0.29, 0.717) is 31.7 Å². The van der Waals surface area contributed by atoms with Gasteiger partial charge in [-0.3, -0.25) is 14.3 Å². The fraction of sp³-hybridized carbons (Fsp3) is 0.656. The number of hydrogen-bond donors (Lipinski definition) is 2. The van der Waals surface area contributed by atoms with Gasteiger partial charge in [0.25, 0.3) is 5.91 Å². The minimum Gasteiger partial charge on any atom is -0.338 e. The van der Waals surface area contributed by atoms with E-state index in [2.05, 4.69) is 28.4 Å². The minimum atomic E-state index is -0.668. The van der Waals surface area contributed by atoms with Crippen molar-refractivity contribution < 1.29 is 9.59 Å². The number of nitrogens with one attached hydrogen (secondary N) is 1. The van der Waals surface area contributed by atoms with Gasteiger partial charge in [0, 0.05) is 49.6 Å². The third-order valence-electron chi connectivity index (χ3n) is 10.2. The Hall–Kier alpha value is -2.87. The smallest absolute Gasteiger partial charge is 0.253 e. The summed E-state index contributed by atoms with van der Waals surface area (Å²) >= 11 is 0. The molecule has 6 rings (SSSR count). The molecular weight excluding hydrogens is 500 g/mol. The van der Waals surface area contributed by atoms with Crippen LogP contribution in [-0.2, 0) is 10.2 Å². The Morgan fingerprint density at radius 3 is 2.00 bits per heavy atom. The molecule has 2 aliphatic heterocycles. The van der Waals surface area contributed by atoms with Crippen LogP contribution in [0.2, 0.25) is 0 Å². The second-order valence-corrected chi connectivity index (χ2v) is 12.8. The normalized spacial score (nSPS) is 24.8. The van der Waals surface area contributed by atoms with E-state index in [-0.39, 0.29) is 23.3 Å². The quantitative estimate of drug-likeness (QED) is 0.572. The molecule has 0 radical (unpaired) electrons. The van der Waals surface area contributed by atoms with Gasteiger partial charge >= 0.3 is 0 Å². The lowest BCUT2D eigenvalue weighted by Crippen LogP contribution is -2.62. The molecule has 4 aliphatic rings. The predicted molar refractivity (Wildman–Crippen MR) is 156 cm³/mol. The van der Waals surface area contributed by atoms with Gasteiger partial charge in [0.2, 0.25) is 5.91 Å². The minimum absolute atomic E-state index is 0.0399. The largest absolute Gasteiger partial charge is 0.338 e. The molecule has 3 heterocycles. The standard InChI is InChI=1S/C32H46N6O2/c33-32(16-9-17-32)30(40)37-22-20-36(21-23-37)28(39)26-12-10-25(11-13-26)27-24-31(29-34-18-19-38(29)35-27)14-7-5-3-1-2-4-6-8-15-31/h10-13,18-19,27,35H,1-9,14-17,20-24,33H2.